The van der Waals surface area contributed by atoms with Gasteiger partial charge in [-0.2, -0.15) is 13.2 Å². The maximum Gasteiger partial charge on any atom is 0.454 e. The Morgan fingerprint density at radius 2 is 1.79 bits per heavy atom. The molecule has 24 heavy (non-hydrogen) atoms. The summed E-state index contributed by atoms with van der Waals surface area (Å²) in [6.07, 6.45) is -1.36. The molecule has 0 spiro atoms. The number of methoxy groups -OCH3 is 1. The number of nitrogens with one attached hydrogen (secondary N) is 1. The number of alkyl halides is 3. The summed E-state index contributed by atoms with van der Waals surface area (Å²) in [5, 5.41) is 2.92. The van der Waals surface area contributed by atoms with Gasteiger partial charge in [0.2, 0.25) is 0 Å². The smallest absolute Gasteiger partial charge is 0.454 e. The van der Waals surface area contributed by atoms with Crippen LogP contribution in [0.1, 0.15) is 46.0 Å². The zero-order valence-electron chi connectivity index (χ0n) is 14.2. The fraction of sp³-hybridized carbons (Fsp3) is 0.765. The van der Waals surface area contributed by atoms with Gasteiger partial charge >= 0.3 is 12.1 Å². The van der Waals surface area contributed by atoms with Gasteiger partial charge in [0.05, 0.1) is 7.11 Å². The lowest BCUT2D eigenvalue weighted by molar-refractivity contribution is -0.168. The molecular formula is C17H24F3NO3. The number of hydrogen-bond acceptors (Lipinski definition) is 4. The van der Waals surface area contributed by atoms with E-state index in [0.29, 0.717) is 18.5 Å². The summed E-state index contributed by atoms with van der Waals surface area (Å²) >= 11 is 0. The topological polar surface area (TPSA) is 55.4 Å². The van der Waals surface area contributed by atoms with Crippen molar-refractivity contribution >= 4 is 11.8 Å². The molecule has 0 bridgehead atoms. The second-order valence-corrected chi connectivity index (χ2v) is 7.00. The third kappa shape index (κ3) is 3.75. The van der Waals surface area contributed by atoms with Crippen molar-refractivity contribution in [2.75, 3.05) is 7.11 Å². The van der Waals surface area contributed by atoms with E-state index in [9.17, 15) is 22.8 Å². The lowest BCUT2D eigenvalue weighted by Crippen LogP contribution is -2.50. The molecule has 1 saturated carbocycles. The second-order valence-electron chi connectivity index (χ2n) is 7.00. The molecule has 0 heterocycles. The number of fused-ring (bicyclic) bond motifs is 1. The van der Waals surface area contributed by atoms with Gasteiger partial charge in [0.1, 0.15) is 6.04 Å². The van der Waals surface area contributed by atoms with Crippen LogP contribution in [0, 0.1) is 17.8 Å². The first-order chi connectivity index (χ1) is 11.2. The van der Waals surface area contributed by atoms with E-state index in [1.54, 1.807) is 0 Å². The van der Waals surface area contributed by atoms with Gasteiger partial charge in [0, 0.05) is 17.2 Å². The Labute approximate surface area is 139 Å². The Kier molecular flexibility index (Phi) is 5.60. The van der Waals surface area contributed by atoms with E-state index in [1.807, 2.05) is 13.8 Å². The van der Waals surface area contributed by atoms with Crippen LogP contribution in [-0.2, 0) is 14.3 Å². The molecule has 0 saturated heterocycles. The van der Waals surface area contributed by atoms with Crippen molar-refractivity contribution in [1.82, 2.24) is 5.32 Å². The minimum Gasteiger partial charge on any atom is -0.467 e. The van der Waals surface area contributed by atoms with E-state index < -0.39 is 24.0 Å². The van der Waals surface area contributed by atoms with Crippen molar-refractivity contribution in [3.8, 4) is 0 Å². The molecule has 3 atom stereocenters. The molecule has 0 aromatic carbocycles. The molecule has 0 amide bonds. The molecule has 3 unspecified atom stereocenters. The fourth-order valence-corrected chi connectivity index (χ4v) is 3.77. The number of rotatable bonds is 6. The predicted octanol–water partition coefficient (Wildman–Crippen LogP) is 3.37. The van der Waals surface area contributed by atoms with Crippen LogP contribution in [-0.4, -0.2) is 31.1 Å². The molecule has 0 aliphatic heterocycles. The van der Waals surface area contributed by atoms with E-state index in [2.05, 4.69) is 5.32 Å². The predicted molar refractivity (Wildman–Crippen MR) is 81.9 cm³/mol. The van der Waals surface area contributed by atoms with E-state index in [1.165, 1.54) is 7.11 Å². The zero-order valence-corrected chi connectivity index (χ0v) is 14.2. The minimum atomic E-state index is -4.89. The first-order valence-electron chi connectivity index (χ1n) is 8.36. The molecular weight excluding hydrogens is 323 g/mol. The van der Waals surface area contributed by atoms with Crippen molar-refractivity contribution < 1.29 is 27.5 Å². The van der Waals surface area contributed by atoms with Crippen molar-refractivity contribution in [3.63, 3.8) is 0 Å². The summed E-state index contributed by atoms with van der Waals surface area (Å²) in [6.45, 7) is 3.83. The van der Waals surface area contributed by atoms with Crippen LogP contribution in [0.5, 0.6) is 0 Å². The van der Waals surface area contributed by atoms with Crippen LogP contribution in [0.15, 0.2) is 11.3 Å². The molecule has 136 valence electrons. The summed E-state index contributed by atoms with van der Waals surface area (Å²) in [5.74, 6) is -2.56. The highest BCUT2D eigenvalue weighted by Gasteiger charge is 2.52. The Hall–Kier alpha value is -1.53. The van der Waals surface area contributed by atoms with E-state index in [-0.39, 0.29) is 23.3 Å². The molecule has 2 aliphatic carbocycles. The molecule has 7 heteroatoms. The lowest BCUT2D eigenvalue weighted by Gasteiger charge is -2.45. The monoisotopic (exact) mass is 347 g/mol. The van der Waals surface area contributed by atoms with Gasteiger partial charge in [-0.25, -0.2) is 4.79 Å². The number of carbonyl (C=O) groups excluding carboxylic acids is 2. The molecule has 0 aromatic heterocycles. The Morgan fingerprint density at radius 1 is 1.21 bits per heavy atom. The van der Waals surface area contributed by atoms with Crippen molar-refractivity contribution in [3.05, 3.63) is 11.3 Å². The number of carbonyl (C=O) groups is 2. The summed E-state index contributed by atoms with van der Waals surface area (Å²) in [4.78, 5) is 23.8. The highest BCUT2D eigenvalue weighted by molar-refractivity contribution is 6.02. The average Bonchev–Trinajstić information content (AvgIpc) is 2.49. The minimum absolute atomic E-state index is 0.0839. The maximum absolute atomic E-state index is 12.9. The molecule has 1 N–H and O–H groups in total. The normalized spacial score (nSPS) is 25.0. The average molecular weight is 347 g/mol. The number of allylic oxidation sites excluding steroid dienone is 2. The van der Waals surface area contributed by atoms with Gasteiger partial charge in [-0.3, -0.25) is 4.79 Å². The Bertz CT molecular complexity index is 540. The molecule has 2 aliphatic rings. The SMILES string of the molecule is COC(=O)C(CC(C)C)NC1=C(C(=O)C(F)(F)F)C2CCCCC12. The molecule has 4 nitrogen and oxygen atoms in total. The standard InChI is InChI=1S/C17H24F3NO3/c1-9(2)8-12(16(23)24-3)21-14-11-7-5-4-6-10(11)13(14)15(22)17(18,19)20/h9-12,21H,4-8H2,1-3H3. The van der Waals surface area contributed by atoms with Gasteiger partial charge in [0.25, 0.3) is 5.78 Å². The van der Waals surface area contributed by atoms with Crippen molar-refractivity contribution in [2.45, 2.75) is 58.2 Å². The van der Waals surface area contributed by atoms with E-state index in [4.69, 9.17) is 4.74 Å². The van der Waals surface area contributed by atoms with Crippen LogP contribution in [0.25, 0.3) is 0 Å². The van der Waals surface area contributed by atoms with Gasteiger partial charge in [-0.15, -0.1) is 0 Å². The third-order valence-electron chi connectivity index (χ3n) is 4.82. The van der Waals surface area contributed by atoms with Crippen LogP contribution < -0.4 is 5.32 Å². The molecule has 1 fully saturated rings. The van der Waals surface area contributed by atoms with Gasteiger partial charge in [0.15, 0.2) is 0 Å². The fourth-order valence-electron chi connectivity index (χ4n) is 3.77. The van der Waals surface area contributed by atoms with Crippen molar-refractivity contribution in [2.24, 2.45) is 17.8 Å². The summed E-state index contributed by atoms with van der Waals surface area (Å²) in [6, 6.07) is -0.732. The number of ketones is 1. The Morgan fingerprint density at radius 3 is 2.29 bits per heavy atom. The largest absolute Gasteiger partial charge is 0.467 e. The van der Waals surface area contributed by atoms with Crippen LogP contribution in [0.3, 0.4) is 0 Å². The van der Waals surface area contributed by atoms with Crippen molar-refractivity contribution in [1.29, 1.82) is 0 Å². The maximum atomic E-state index is 12.9. The molecule has 2 rings (SSSR count). The zero-order chi connectivity index (χ0) is 18.1. The van der Waals surface area contributed by atoms with Crippen LogP contribution in [0.2, 0.25) is 0 Å². The number of halogens is 3. The van der Waals surface area contributed by atoms with Gasteiger partial charge in [-0.05, 0) is 31.1 Å². The highest BCUT2D eigenvalue weighted by atomic mass is 19.4. The van der Waals surface area contributed by atoms with E-state index in [0.717, 1.165) is 19.3 Å². The van der Waals surface area contributed by atoms with Gasteiger partial charge in [-0.1, -0.05) is 26.7 Å². The summed E-state index contributed by atoms with van der Waals surface area (Å²) < 4.78 is 43.5. The summed E-state index contributed by atoms with van der Waals surface area (Å²) in [5.41, 5.74) is 0.128. The molecule has 0 radical (unpaired) electrons. The number of hydrogen-bond donors (Lipinski definition) is 1. The molecule has 0 aromatic rings. The Balaban J connectivity index is 2.30. The first-order valence-corrected chi connectivity index (χ1v) is 8.36. The third-order valence-corrected chi connectivity index (χ3v) is 4.82. The van der Waals surface area contributed by atoms with E-state index >= 15 is 0 Å². The summed E-state index contributed by atoms with van der Waals surface area (Å²) in [7, 11) is 1.25. The lowest BCUT2D eigenvalue weighted by atomic mass is 9.62. The highest BCUT2D eigenvalue weighted by Crippen LogP contribution is 2.50. The second kappa shape index (κ2) is 7.15. The quantitative estimate of drug-likeness (QED) is 0.749. The van der Waals surface area contributed by atoms with Crippen LogP contribution in [0.4, 0.5) is 13.2 Å². The van der Waals surface area contributed by atoms with Crippen LogP contribution >= 0.6 is 0 Å². The number of Topliss-reactive ketones (excluding diaryl/α,β-unsaturated/α-hetero) is 1. The first kappa shape index (κ1) is 18.8. The number of esters is 1. The van der Waals surface area contributed by atoms with Gasteiger partial charge < -0.3 is 10.1 Å². The number of ether oxygens (including phenoxy) is 1.